The topological polar surface area (TPSA) is 26.3 Å². The molecule has 0 heterocycles. The van der Waals surface area contributed by atoms with Crippen molar-refractivity contribution in [1.82, 2.24) is 0 Å². The lowest BCUT2D eigenvalue weighted by Crippen LogP contribution is -2.25. The van der Waals surface area contributed by atoms with E-state index in [0.717, 1.165) is 5.92 Å². The monoisotopic (exact) mass is 274 g/mol. The molecule has 110 valence electrons. The number of esters is 1. The molecule has 20 heavy (non-hydrogen) atoms. The maximum Gasteiger partial charge on any atom is 0.337 e. The Labute approximate surface area is 122 Å². The van der Waals surface area contributed by atoms with E-state index in [9.17, 15) is 4.79 Å². The lowest BCUT2D eigenvalue weighted by atomic mass is 9.68. The molecule has 0 saturated heterocycles. The lowest BCUT2D eigenvalue weighted by Gasteiger charge is -2.37. The van der Waals surface area contributed by atoms with Gasteiger partial charge in [-0.15, -0.1) is 0 Å². The quantitative estimate of drug-likeness (QED) is 0.725. The minimum Gasteiger partial charge on any atom is -0.465 e. The second kappa shape index (κ2) is 5.99. The molecular weight excluding hydrogens is 248 g/mol. The van der Waals surface area contributed by atoms with Crippen LogP contribution in [0.3, 0.4) is 0 Å². The molecule has 0 amide bonds. The molecule has 0 atom stereocenters. The highest BCUT2D eigenvalue weighted by molar-refractivity contribution is 5.89. The summed E-state index contributed by atoms with van der Waals surface area (Å²) in [5, 5.41) is 0. The normalized spacial score (nSPS) is 23.4. The summed E-state index contributed by atoms with van der Waals surface area (Å²) >= 11 is 0. The zero-order valence-corrected chi connectivity index (χ0v) is 13.1. The Bertz CT molecular complexity index is 445. The van der Waals surface area contributed by atoms with Gasteiger partial charge in [-0.25, -0.2) is 4.79 Å². The van der Waals surface area contributed by atoms with Gasteiger partial charge in [-0.05, 0) is 60.6 Å². The van der Waals surface area contributed by atoms with Crippen molar-refractivity contribution in [2.24, 2.45) is 11.3 Å². The van der Waals surface area contributed by atoms with E-state index < -0.39 is 0 Å². The van der Waals surface area contributed by atoms with Gasteiger partial charge in [0.05, 0.1) is 12.7 Å². The average Bonchev–Trinajstić information content (AvgIpc) is 2.46. The van der Waals surface area contributed by atoms with Crippen LogP contribution >= 0.6 is 0 Å². The number of methoxy groups -OCH3 is 1. The lowest BCUT2D eigenvalue weighted by molar-refractivity contribution is 0.0600. The van der Waals surface area contributed by atoms with E-state index in [1.807, 2.05) is 12.1 Å². The summed E-state index contributed by atoms with van der Waals surface area (Å²) in [5.74, 6) is 1.24. The van der Waals surface area contributed by atoms with E-state index >= 15 is 0 Å². The molecule has 0 aromatic heterocycles. The van der Waals surface area contributed by atoms with Crippen LogP contribution in [0.5, 0.6) is 0 Å². The number of hydrogen-bond donors (Lipinski definition) is 0. The second-order valence-corrected chi connectivity index (χ2v) is 7.03. The number of ether oxygens (including phenoxy) is 1. The minimum absolute atomic E-state index is 0.256. The highest BCUT2D eigenvalue weighted by Gasteiger charge is 2.30. The number of benzene rings is 1. The summed E-state index contributed by atoms with van der Waals surface area (Å²) in [6, 6.07) is 7.96. The maximum atomic E-state index is 11.4. The first-order chi connectivity index (χ1) is 9.41. The van der Waals surface area contributed by atoms with Gasteiger partial charge in [-0.2, -0.15) is 0 Å². The fourth-order valence-corrected chi connectivity index (χ4v) is 3.30. The maximum absolute atomic E-state index is 11.4. The van der Waals surface area contributed by atoms with Crippen molar-refractivity contribution in [3.8, 4) is 0 Å². The summed E-state index contributed by atoms with van der Waals surface area (Å²) in [6.45, 7) is 7.05. The molecule has 0 aliphatic heterocycles. The van der Waals surface area contributed by atoms with Crippen molar-refractivity contribution in [3.05, 3.63) is 35.4 Å². The summed E-state index contributed by atoms with van der Waals surface area (Å²) < 4.78 is 4.73. The Balaban J connectivity index is 1.99. The number of carbonyl (C=O) groups excluding carboxylic acids is 1. The highest BCUT2D eigenvalue weighted by Crippen LogP contribution is 2.43. The van der Waals surface area contributed by atoms with Gasteiger partial charge in [0.25, 0.3) is 0 Å². The molecule has 0 unspecified atom stereocenters. The van der Waals surface area contributed by atoms with Gasteiger partial charge < -0.3 is 4.74 Å². The molecule has 0 bridgehead atoms. The summed E-state index contributed by atoms with van der Waals surface area (Å²) in [4.78, 5) is 11.4. The molecule has 0 N–H and O–H groups in total. The Kier molecular flexibility index (Phi) is 4.52. The molecule has 2 nitrogen and oxygen atoms in total. The van der Waals surface area contributed by atoms with E-state index in [1.54, 1.807) is 0 Å². The van der Waals surface area contributed by atoms with Crippen molar-refractivity contribution in [3.63, 3.8) is 0 Å². The molecule has 1 aromatic rings. The van der Waals surface area contributed by atoms with Crippen LogP contribution in [0.4, 0.5) is 0 Å². The molecule has 1 saturated carbocycles. The second-order valence-electron chi connectivity index (χ2n) is 7.03. The van der Waals surface area contributed by atoms with Crippen molar-refractivity contribution < 1.29 is 9.53 Å². The highest BCUT2D eigenvalue weighted by atomic mass is 16.5. The van der Waals surface area contributed by atoms with E-state index in [1.165, 1.54) is 38.4 Å². The van der Waals surface area contributed by atoms with Gasteiger partial charge in [0.2, 0.25) is 0 Å². The standard InChI is InChI=1S/C18H26O2/c1-18(2,3)16-11-9-14(10-12-16)13-5-7-15(8-6-13)17(19)20-4/h5-8,14,16H,9-12H2,1-4H3. The molecule has 0 radical (unpaired) electrons. The number of hydrogen-bond acceptors (Lipinski definition) is 2. The zero-order valence-electron chi connectivity index (χ0n) is 13.1. The van der Waals surface area contributed by atoms with E-state index in [-0.39, 0.29) is 5.97 Å². The predicted molar refractivity (Wildman–Crippen MR) is 81.9 cm³/mol. The van der Waals surface area contributed by atoms with E-state index in [4.69, 9.17) is 4.74 Å². The van der Waals surface area contributed by atoms with Gasteiger partial charge in [0.15, 0.2) is 0 Å². The molecule has 0 spiro atoms. The van der Waals surface area contributed by atoms with Crippen molar-refractivity contribution in [2.45, 2.75) is 52.4 Å². The van der Waals surface area contributed by atoms with Gasteiger partial charge in [0, 0.05) is 0 Å². The number of rotatable bonds is 2. The van der Waals surface area contributed by atoms with Crippen LogP contribution in [-0.4, -0.2) is 13.1 Å². The predicted octanol–water partition coefficient (Wildman–Crippen LogP) is 4.79. The van der Waals surface area contributed by atoms with Crippen LogP contribution in [0.15, 0.2) is 24.3 Å². The zero-order chi connectivity index (χ0) is 14.8. The van der Waals surface area contributed by atoms with Crippen LogP contribution < -0.4 is 0 Å². The minimum atomic E-state index is -0.256. The van der Waals surface area contributed by atoms with Crippen LogP contribution in [0.25, 0.3) is 0 Å². The first-order valence-electron chi connectivity index (χ1n) is 7.60. The Morgan fingerprint density at radius 3 is 2.05 bits per heavy atom. The first kappa shape index (κ1) is 15.1. The molecule has 2 rings (SSSR count). The summed E-state index contributed by atoms with van der Waals surface area (Å²) in [7, 11) is 1.42. The van der Waals surface area contributed by atoms with Crippen LogP contribution in [0, 0.1) is 11.3 Å². The Morgan fingerprint density at radius 2 is 1.60 bits per heavy atom. The van der Waals surface area contributed by atoms with Crippen molar-refractivity contribution in [2.75, 3.05) is 7.11 Å². The molecule has 1 aromatic carbocycles. The van der Waals surface area contributed by atoms with Crippen molar-refractivity contribution >= 4 is 5.97 Å². The molecule has 2 heteroatoms. The third-order valence-corrected chi connectivity index (χ3v) is 4.76. The largest absolute Gasteiger partial charge is 0.465 e. The first-order valence-corrected chi connectivity index (χ1v) is 7.60. The van der Waals surface area contributed by atoms with Crippen LogP contribution in [0.1, 0.15) is 68.3 Å². The Morgan fingerprint density at radius 1 is 1.05 bits per heavy atom. The average molecular weight is 274 g/mol. The van der Waals surface area contributed by atoms with E-state index in [2.05, 4.69) is 32.9 Å². The van der Waals surface area contributed by atoms with Gasteiger partial charge in [-0.3, -0.25) is 0 Å². The molecule has 1 aliphatic carbocycles. The molecule has 1 aliphatic rings. The molecule has 1 fully saturated rings. The summed E-state index contributed by atoms with van der Waals surface area (Å²) in [6.07, 6.45) is 5.15. The van der Waals surface area contributed by atoms with Gasteiger partial charge >= 0.3 is 5.97 Å². The SMILES string of the molecule is COC(=O)c1ccc(C2CCC(C(C)(C)C)CC2)cc1. The van der Waals surface area contributed by atoms with Crippen molar-refractivity contribution in [1.29, 1.82) is 0 Å². The van der Waals surface area contributed by atoms with Gasteiger partial charge in [0.1, 0.15) is 0 Å². The molecular formula is C18H26O2. The van der Waals surface area contributed by atoms with E-state index in [0.29, 0.717) is 16.9 Å². The summed E-state index contributed by atoms with van der Waals surface area (Å²) in [5.41, 5.74) is 2.43. The van der Waals surface area contributed by atoms with Crippen LogP contribution in [-0.2, 0) is 4.74 Å². The fraction of sp³-hybridized carbons (Fsp3) is 0.611. The fourth-order valence-electron chi connectivity index (χ4n) is 3.30. The van der Waals surface area contributed by atoms with Gasteiger partial charge in [-0.1, -0.05) is 32.9 Å². The Hall–Kier alpha value is -1.31. The smallest absolute Gasteiger partial charge is 0.337 e. The van der Waals surface area contributed by atoms with Crippen LogP contribution in [0.2, 0.25) is 0 Å². The third-order valence-electron chi connectivity index (χ3n) is 4.76. The number of carbonyl (C=O) groups is 1. The third kappa shape index (κ3) is 3.41.